The van der Waals surface area contributed by atoms with Crippen LogP contribution >= 0.6 is 0 Å². The van der Waals surface area contributed by atoms with E-state index < -0.39 is 16.6 Å². The van der Waals surface area contributed by atoms with Crippen molar-refractivity contribution in [3.63, 3.8) is 0 Å². The molecule has 2 bridgehead atoms. The van der Waals surface area contributed by atoms with Gasteiger partial charge in [0.05, 0.1) is 11.0 Å². The van der Waals surface area contributed by atoms with Crippen LogP contribution in [0.25, 0.3) is 0 Å². The van der Waals surface area contributed by atoms with Crippen molar-refractivity contribution >= 4 is 5.97 Å². The fourth-order valence-corrected chi connectivity index (χ4v) is 4.78. The van der Waals surface area contributed by atoms with Crippen LogP contribution in [0.5, 0.6) is 0 Å². The predicted molar refractivity (Wildman–Crippen MR) is 97.7 cm³/mol. The molecule has 2 rings (SSSR count). The fourth-order valence-electron chi connectivity index (χ4n) is 4.78. The molecule has 1 N–H and O–H groups in total. The van der Waals surface area contributed by atoms with E-state index in [9.17, 15) is 9.90 Å². The van der Waals surface area contributed by atoms with Crippen molar-refractivity contribution in [2.45, 2.75) is 105 Å². The Hall–Kier alpha value is -0.570. The second-order valence-electron chi connectivity index (χ2n) is 10.2. The SMILES string of the molecule is CCC(C)(C)C(=O)OC(C)(C)C12CCCC(CC(C(C)(C)O)C1)C2. The van der Waals surface area contributed by atoms with E-state index in [-0.39, 0.29) is 17.3 Å². The van der Waals surface area contributed by atoms with Crippen molar-refractivity contribution in [2.24, 2.45) is 22.7 Å². The van der Waals surface area contributed by atoms with Crippen molar-refractivity contribution in [2.75, 3.05) is 0 Å². The second-order valence-corrected chi connectivity index (χ2v) is 10.2. The van der Waals surface area contributed by atoms with Gasteiger partial charge < -0.3 is 9.84 Å². The van der Waals surface area contributed by atoms with Gasteiger partial charge in [0.2, 0.25) is 0 Å². The Morgan fingerprint density at radius 3 is 2.33 bits per heavy atom. The van der Waals surface area contributed by atoms with Crippen LogP contribution in [0, 0.1) is 22.7 Å². The van der Waals surface area contributed by atoms with Gasteiger partial charge in [0.25, 0.3) is 0 Å². The number of carbonyl (C=O) groups is 1. The molecule has 0 heterocycles. The number of hydrogen-bond donors (Lipinski definition) is 1. The number of rotatable bonds is 5. The molecule has 24 heavy (non-hydrogen) atoms. The maximum atomic E-state index is 12.7. The topological polar surface area (TPSA) is 46.5 Å². The first-order chi connectivity index (χ1) is 10.8. The first kappa shape index (κ1) is 19.8. The van der Waals surface area contributed by atoms with Gasteiger partial charge in [-0.15, -0.1) is 0 Å². The zero-order chi connectivity index (χ0) is 18.4. The third-order valence-electron chi connectivity index (χ3n) is 7.26. The van der Waals surface area contributed by atoms with E-state index in [2.05, 4.69) is 13.8 Å². The van der Waals surface area contributed by atoms with Crippen molar-refractivity contribution in [3.8, 4) is 0 Å². The summed E-state index contributed by atoms with van der Waals surface area (Å²) in [5.74, 6) is 0.853. The van der Waals surface area contributed by atoms with Crippen LogP contribution in [0.4, 0.5) is 0 Å². The first-order valence-electron chi connectivity index (χ1n) is 9.79. The third-order valence-corrected chi connectivity index (χ3v) is 7.26. The van der Waals surface area contributed by atoms with E-state index in [1.807, 2.05) is 34.6 Å². The molecular formula is C21H38O3. The predicted octanol–water partition coefficient (Wildman–Crippen LogP) is 5.10. The summed E-state index contributed by atoms with van der Waals surface area (Å²) in [7, 11) is 0. The van der Waals surface area contributed by atoms with Crippen LogP contribution in [0.1, 0.15) is 93.4 Å². The van der Waals surface area contributed by atoms with Gasteiger partial charge in [0.1, 0.15) is 5.60 Å². The third kappa shape index (κ3) is 3.66. The number of esters is 1. The van der Waals surface area contributed by atoms with Crippen LogP contribution < -0.4 is 0 Å². The summed E-state index contributed by atoms with van der Waals surface area (Å²) in [4.78, 5) is 12.7. The van der Waals surface area contributed by atoms with Crippen molar-refractivity contribution in [3.05, 3.63) is 0 Å². The summed E-state index contributed by atoms with van der Waals surface area (Å²) >= 11 is 0. The molecule has 0 aromatic heterocycles. The molecule has 140 valence electrons. The van der Waals surface area contributed by atoms with Crippen molar-refractivity contribution in [1.82, 2.24) is 0 Å². The van der Waals surface area contributed by atoms with Crippen molar-refractivity contribution < 1.29 is 14.6 Å². The lowest BCUT2D eigenvalue weighted by molar-refractivity contribution is -0.198. The van der Waals surface area contributed by atoms with Crippen LogP contribution in [-0.2, 0) is 9.53 Å². The quantitative estimate of drug-likeness (QED) is 0.709. The normalized spacial score (nSPS) is 31.7. The fraction of sp³-hybridized carbons (Fsp3) is 0.952. The molecule has 2 saturated carbocycles. The molecule has 2 aliphatic rings. The molecule has 2 aliphatic carbocycles. The summed E-state index contributed by atoms with van der Waals surface area (Å²) in [6.45, 7) is 14.0. The van der Waals surface area contributed by atoms with Crippen LogP contribution in [-0.4, -0.2) is 22.3 Å². The molecule has 3 nitrogen and oxygen atoms in total. The molecule has 0 aromatic rings. The standard InChI is InChI=1S/C21H38O3/c1-8-18(2,3)17(22)24-20(6,7)21-11-9-10-15(13-21)12-16(14-21)19(4,5)23/h15-16,23H,8-14H2,1-7H3. The average molecular weight is 339 g/mol. The van der Waals surface area contributed by atoms with Gasteiger partial charge in [-0.1, -0.05) is 19.8 Å². The Kier molecular flexibility index (Phi) is 5.19. The van der Waals surface area contributed by atoms with E-state index in [1.54, 1.807) is 0 Å². The lowest BCUT2D eigenvalue weighted by Gasteiger charge is -2.57. The maximum Gasteiger partial charge on any atom is 0.312 e. The zero-order valence-electron chi connectivity index (χ0n) is 16.9. The highest BCUT2D eigenvalue weighted by Crippen LogP contribution is 2.59. The Morgan fingerprint density at radius 1 is 1.17 bits per heavy atom. The number of fused-ring (bicyclic) bond motifs is 2. The van der Waals surface area contributed by atoms with E-state index in [0.717, 1.165) is 32.1 Å². The number of hydrogen-bond acceptors (Lipinski definition) is 3. The highest BCUT2D eigenvalue weighted by Gasteiger charge is 2.56. The minimum atomic E-state index is -0.663. The van der Waals surface area contributed by atoms with Crippen LogP contribution in [0.2, 0.25) is 0 Å². The summed E-state index contributed by atoms with van der Waals surface area (Å²) in [5.41, 5.74) is -1.59. The van der Waals surface area contributed by atoms with E-state index in [1.165, 1.54) is 12.8 Å². The van der Waals surface area contributed by atoms with Crippen LogP contribution in [0.15, 0.2) is 0 Å². The Bertz CT molecular complexity index is 472. The molecule has 3 heteroatoms. The maximum absolute atomic E-state index is 12.7. The Morgan fingerprint density at radius 2 is 1.79 bits per heavy atom. The lowest BCUT2D eigenvalue weighted by atomic mass is 9.51. The Balaban J connectivity index is 2.27. The number of ether oxygens (including phenoxy) is 1. The average Bonchev–Trinajstić information content (AvgIpc) is 2.45. The molecule has 2 fully saturated rings. The summed E-state index contributed by atoms with van der Waals surface area (Å²) in [6.07, 6.45) is 7.54. The molecule has 0 aliphatic heterocycles. The number of aliphatic hydroxyl groups is 1. The Labute approximate surface area is 148 Å². The summed E-state index contributed by atoms with van der Waals surface area (Å²) in [5, 5.41) is 10.6. The van der Waals surface area contributed by atoms with Gasteiger partial charge in [-0.05, 0) is 85.5 Å². The van der Waals surface area contributed by atoms with E-state index >= 15 is 0 Å². The molecular weight excluding hydrogens is 300 g/mol. The first-order valence-corrected chi connectivity index (χ1v) is 9.79. The lowest BCUT2D eigenvalue weighted by Crippen LogP contribution is -2.56. The minimum Gasteiger partial charge on any atom is -0.459 e. The van der Waals surface area contributed by atoms with Crippen LogP contribution in [0.3, 0.4) is 0 Å². The minimum absolute atomic E-state index is 0.00167. The van der Waals surface area contributed by atoms with Gasteiger partial charge in [0, 0.05) is 5.41 Å². The van der Waals surface area contributed by atoms with Gasteiger partial charge >= 0.3 is 5.97 Å². The smallest absolute Gasteiger partial charge is 0.312 e. The zero-order valence-corrected chi connectivity index (χ0v) is 16.9. The van der Waals surface area contributed by atoms with Gasteiger partial charge in [0.15, 0.2) is 0 Å². The molecule has 3 unspecified atom stereocenters. The van der Waals surface area contributed by atoms with E-state index in [4.69, 9.17) is 4.74 Å². The molecule has 3 atom stereocenters. The largest absolute Gasteiger partial charge is 0.459 e. The van der Waals surface area contributed by atoms with Gasteiger partial charge in [-0.2, -0.15) is 0 Å². The molecule has 0 spiro atoms. The number of carbonyl (C=O) groups excluding carboxylic acids is 1. The van der Waals surface area contributed by atoms with E-state index in [0.29, 0.717) is 5.92 Å². The van der Waals surface area contributed by atoms with Gasteiger partial charge in [-0.3, -0.25) is 4.79 Å². The highest BCUT2D eigenvalue weighted by molar-refractivity contribution is 5.76. The highest BCUT2D eigenvalue weighted by atomic mass is 16.6. The second kappa shape index (κ2) is 6.30. The molecule has 0 saturated heterocycles. The van der Waals surface area contributed by atoms with Gasteiger partial charge in [-0.25, -0.2) is 0 Å². The molecule has 0 aromatic carbocycles. The molecule has 0 radical (unpaired) electrons. The monoisotopic (exact) mass is 338 g/mol. The molecule has 0 amide bonds. The summed E-state index contributed by atoms with van der Waals surface area (Å²) in [6, 6.07) is 0. The van der Waals surface area contributed by atoms with Crippen molar-refractivity contribution in [1.29, 1.82) is 0 Å². The summed E-state index contributed by atoms with van der Waals surface area (Å²) < 4.78 is 6.15.